The Morgan fingerprint density at radius 1 is 1.31 bits per heavy atom. The molecule has 0 fully saturated rings. The van der Waals surface area contributed by atoms with Crippen LogP contribution in [0.4, 0.5) is 0 Å². The third kappa shape index (κ3) is 1.75. The predicted molar refractivity (Wildman–Crippen MR) is 66.7 cm³/mol. The van der Waals surface area contributed by atoms with E-state index < -0.39 is 0 Å². The number of aldehydes is 1. The van der Waals surface area contributed by atoms with Gasteiger partial charge in [-0.15, -0.1) is 0 Å². The molecule has 0 saturated heterocycles. The fourth-order valence-corrected chi connectivity index (χ4v) is 2.28. The number of benzene rings is 1. The van der Waals surface area contributed by atoms with Crippen molar-refractivity contribution in [2.45, 2.75) is 26.2 Å². The normalized spacial score (nSPS) is 10.9. The molecule has 2 heteroatoms. The van der Waals surface area contributed by atoms with Crippen LogP contribution in [-0.2, 0) is 18.3 Å². The van der Waals surface area contributed by atoms with Crippen LogP contribution < -0.4 is 0 Å². The highest BCUT2D eigenvalue weighted by molar-refractivity contribution is 5.85. The van der Waals surface area contributed by atoms with Gasteiger partial charge in [-0.1, -0.05) is 18.2 Å². The summed E-state index contributed by atoms with van der Waals surface area (Å²) in [6.45, 7) is 2.15. The molecule has 2 aromatic rings. The average molecular weight is 215 g/mol. The highest BCUT2D eigenvalue weighted by Crippen LogP contribution is 2.25. The van der Waals surface area contributed by atoms with Crippen molar-refractivity contribution in [3.63, 3.8) is 0 Å². The van der Waals surface area contributed by atoms with Crippen molar-refractivity contribution >= 4 is 17.2 Å². The molecule has 0 aliphatic heterocycles. The lowest BCUT2D eigenvalue weighted by Crippen LogP contribution is -1.93. The topological polar surface area (TPSA) is 22.0 Å². The summed E-state index contributed by atoms with van der Waals surface area (Å²) in [5.41, 5.74) is 3.98. The van der Waals surface area contributed by atoms with Crippen LogP contribution in [0.1, 0.15) is 24.1 Å². The van der Waals surface area contributed by atoms with Crippen LogP contribution in [-0.4, -0.2) is 10.9 Å². The first-order valence-corrected chi connectivity index (χ1v) is 5.72. The number of rotatable bonds is 4. The largest absolute Gasteiger partial charge is 0.348 e. The van der Waals surface area contributed by atoms with Gasteiger partial charge in [0.1, 0.15) is 6.29 Å². The fourth-order valence-electron chi connectivity index (χ4n) is 2.28. The third-order valence-corrected chi connectivity index (χ3v) is 3.28. The smallest absolute Gasteiger partial charge is 0.120 e. The second-order valence-corrected chi connectivity index (χ2v) is 4.20. The number of hydrogen-bond acceptors (Lipinski definition) is 1. The molecular formula is C14H17NO. The van der Waals surface area contributed by atoms with Gasteiger partial charge in [0.25, 0.3) is 0 Å². The molecule has 0 unspecified atom stereocenters. The van der Waals surface area contributed by atoms with Crippen LogP contribution in [0.25, 0.3) is 10.9 Å². The summed E-state index contributed by atoms with van der Waals surface area (Å²) >= 11 is 0. The second kappa shape index (κ2) is 4.52. The summed E-state index contributed by atoms with van der Waals surface area (Å²) in [4.78, 5) is 10.3. The van der Waals surface area contributed by atoms with E-state index in [0.717, 1.165) is 19.1 Å². The van der Waals surface area contributed by atoms with Crippen molar-refractivity contribution in [1.29, 1.82) is 0 Å². The van der Waals surface area contributed by atoms with Gasteiger partial charge in [0.2, 0.25) is 0 Å². The molecule has 1 aromatic heterocycles. The summed E-state index contributed by atoms with van der Waals surface area (Å²) in [7, 11) is 2.10. The van der Waals surface area contributed by atoms with Gasteiger partial charge in [-0.05, 0) is 31.4 Å². The first kappa shape index (κ1) is 10.9. The quantitative estimate of drug-likeness (QED) is 0.567. The van der Waals surface area contributed by atoms with E-state index in [4.69, 9.17) is 0 Å². The van der Waals surface area contributed by atoms with E-state index in [9.17, 15) is 4.79 Å². The molecule has 0 radical (unpaired) electrons. The Hall–Kier alpha value is -1.57. The maximum absolute atomic E-state index is 10.3. The Labute approximate surface area is 95.9 Å². The van der Waals surface area contributed by atoms with Crippen molar-refractivity contribution in [2.24, 2.45) is 7.05 Å². The van der Waals surface area contributed by atoms with E-state index in [-0.39, 0.29) is 0 Å². The van der Waals surface area contributed by atoms with Crippen molar-refractivity contribution < 1.29 is 4.79 Å². The molecule has 1 heterocycles. The van der Waals surface area contributed by atoms with Crippen molar-refractivity contribution in [3.8, 4) is 0 Å². The minimum absolute atomic E-state index is 0.655. The Bertz CT molecular complexity index is 511. The number of hydrogen-bond donors (Lipinski definition) is 0. The third-order valence-electron chi connectivity index (χ3n) is 3.28. The number of fused-ring (bicyclic) bond motifs is 1. The summed E-state index contributed by atoms with van der Waals surface area (Å²) in [5, 5.41) is 1.33. The minimum Gasteiger partial charge on any atom is -0.348 e. The van der Waals surface area contributed by atoms with Crippen LogP contribution >= 0.6 is 0 Å². The highest BCUT2D eigenvalue weighted by Gasteiger charge is 2.10. The van der Waals surface area contributed by atoms with Crippen LogP contribution in [0.15, 0.2) is 24.3 Å². The Kier molecular flexibility index (Phi) is 3.09. The average Bonchev–Trinajstić information content (AvgIpc) is 2.55. The maximum atomic E-state index is 10.3. The molecule has 2 rings (SSSR count). The first-order chi connectivity index (χ1) is 7.75. The molecule has 0 aliphatic carbocycles. The van der Waals surface area contributed by atoms with E-state index in [0.29, 0.717) is 6.42 Å². The van der Waals surface area contributed by atoms with Crippen molar-refractivity contribution in [3.05, 3.63) is 35.5 Å². The first-order valence-electron chi connectivity index (χ1n) is 5.72. The molecule has 84 valence electrons. The molecule has 0 spiro atoms. The number of aryl methyl sites for hydroxylation is 2. The highest BCUT2D eigenvalue weighted by atomic mass is 16.1. The minimum atomic E-state index is 0.655. The fraction of sp³-hybridized carbons (Fsp3) is 0.357. The van der Waals surface area contributed by atoms with Gasteiger partial charge in [-0.25, -0.2) is 0 Å². The number of nitrogens with zero attached hydrogens (tertiary/aromatic N) is 1. The number of unbranched alkanes of at least 4 members (excludes halogenated alkanes) is 1. The van der Waals surface area contributed by atoms with Gasteiger partial charge >= 0.3 is 0 Å². The molecule has 0 atom stereocenters. The standard InChI is InChI=1S/C14H17NO/c1-11-12(7-5-6-10-16)13-8-3-4-9-14(13)15(11)2/h3-4,8-10H,5-7H2,1-2H3. The van der Waals surface area contributed by atoms with Crippen LogP contribution in [0.3, 0.4) is 0 Å². The van der Waals surface area contributed by atoms with E-state index in [1.165, 1.54) is 22.2 Å². The van der Waals surface area contributed by atoms with Gasteiger partial charge in [0.05, 0.1) is 0 Å². The molecule has 16 heavy (non-hydrogen) atoms. The SMILES string of the molecule is Cc1c(CCCC=O)c2ccccc2n1C. The summed E-state index contributed by atoms with van der Waals surface area (Å²) in [6.07, 6.45) is 3.59. The van der Waals surface area contributed by atoms with E-state index in [2.05, 4.69) is 42.8 Å². The Morgan fingerprint density at radius 2 is 2.06 bits per heavy atom. The lowest BCUT2D eigenvalue weighted by molar-refractivity contribution is -0.107. The number of para-hydroxylation sites is 1. The van der Waals surface area contributed by atoms with Crippen LogP contribution in [0.5, 0.6) is 0 Å². The number of aromatic nitrogens is 1. The van der Waals surface area contributed by atoms with E-state index >= 15 is 0 Å². The van der Waals surface area contributed by atoms with Gasteiger partial charge < -0.3 is 9.36 Å². The van der Waals surface area contributed by atoms with E-state index in [1.807, 2.05) is 0 Å². The zero-order valence-electron chi connectivity index (χ0n) is 9.86. The van der Waals surface area contributed by atoms with Gasteiger partial charge in [0, 0.05) is 30.1 Å². The van der Waals surface area contributed by atoms with E-state index in [1.54, 1.807) is 0 Å². The predicted octanol–water partition coefficient (Wildman–Crippen LogP) is 3.01. The summed E-state index contributed by atoms with van der Waals surface area (Å²) in [6, 6.07) is 8.45. The zero-order valence-corrected chi connectivity index (χ0v) is 9.86. The lowest BCUT2D eigenvalue weighted by Gasteiger charge is -2.00. The maximum Gasteiger partial charge on any atom is 0.120 e. The molecular weight excluding hydrogens is 198 g/mol. The Balaban J connectivity index is 2.43. The van der Waals surface area contributed by atoms with Gasteiger partial charge in [0.15, 0.2) is 0 Å². The molecule has 0 aliphatic rings. The molecule has 0 bridgehead atoms. The van der Waals surface area contributed by atoms with Crippen LogP contribution in [0.2, 0.25) is 0 Å². The molecule has 2 nitrogen and oxygen atoms in total. The molecule has 0 saturated carbocycles. The van der Waals surface area contributed by atoms with Crippen LogP contribution in [0, 0.1) is 6.92 Å². The number of carbonyl (C=O) groups is 1. The monoisotopic (exact) mass is 215 g/mol. The van der Waals surface area contributed by atoms with Crippen molar-refractivity contribution in [2.75, 3.05) is 0 Å². The van der Waals surface area contributed by atoms with Gasteiger partial charge in [-0.3, -0.25) is 0 Å². The molecule has 1 aromatic carbocycles. The second-order valence-electron chi connectivity index (χ2n) is 4.20. The molecule has 0 N–H and O–H groups in total. The van der Waals surface area contributed by atoms with Crippen molar-refractivity contribution in [1.82, 2.24) is 4.57 Å². The summed E-state index contributed by atoms with van der Waals surface area (Å²) < 4.78 is 2.23. The lowest BCUT2D eigenvalue weighted by atomic mass is 10.1. The zero-order chi connectivity index (χ0) is 11.5. The summed E-state index contributed by atoms with van der Waals surface area (Å²) in [5.74, 6) is 0. The molecule has 0 amide bonds. The Morgan fingerprint density at radius 3 is 2.81 bits per heavy atom. The van der Waals surface area contributed by atoms with Gasteiger partial charge in [-0.2, -0.15) is 0 Å². The number of carbonyl (C=O) groups excluding carboxylic acids is 1.